The van der Waals surface area contributed by atoms with E-state index in [0.717, 1.165) is 31.4 Å². The fraction of sp³-hybridized carbons (Fsp3) is 0.333. The van der Waals surface area contributed by atoms with Crippen molar-refractivity contribution >= 4 is 15.9 Å². The van der Waals surface area contributed by atoms with E-state index in [0.29, 0.717) is 4.47 Å². The first-order valence-corrected chi connectivity index (χ1v) is 8.23. The third kappa shape index (κ3) is 4.65. The van der Waals surface area contributed by atoms with Crippen molar-refractivity contribution in [3.8, 4) is 0 Å². The molecule has 0 aromatic heterocycles. The molecule has 3 heteroatoms. The first-order chi connectivity index (χ1) is 10.2. The normalized spacial score (nSPS) is 12.3. The fourth-order valence-corrected chi connectivity index (χ4v) is 2.94. The predicted molar refractivity (Wildman–Crippen MR) is 89.9 cm³/mol. The van der Waals surface area contributed by atoms with E-state index in [9.17, 15) is 4.39 Å². The van der Waals surface area contributed by atoms with Crippen LogP contribution in [0, 0.1) is 5.82 Å². The Kier molecular flexibility index (Phi) is 6.40. The highest BCUT2D eigenvalue weighted by molar-refractivity contribution is 9.10. The molecule has 0 aliphatic carbocycles. The first-order valence-electron chi connectivity index (χ1n) is 7.43. The van der Waals surface area contributed by atoms with Gasteiger partial charge in [0.1, 0.15) is 5.82 Å². The Labute approximate surface area is 134 Å². The van der Waals surface area contributed by atoms with Crippen molar-refractivity contribution in [3.05, 3.63) is 69.9 Å². The average Bonchev–Trinajstić information content (AvgIpc) is 2.50. The van der Waals surface area contributed by atoms with E-state index in [1.54, 1.807) is 6.07 Å². The minimum Gasteiger partial charge on any atom is -0.310 e. The highest BCUT2D eigenvalue weighted by atomic mass is 79.9. The minimum atomic E-state index is -0.150. The Hall–Kier alpha value is -1.19. The summed E-state index contributed by atoms with van der Waals surface area (Å²) in [6.45, 7) is 2.89. The average molecular weight is 350 g/mol. The van der Waals surface area contributed by atoms with Crippen molar-refractivity contribution in [2.24, 2.45) is 0 Å². The van der Waals surface area contributed by atoms with Crippen LogP contribution >= 0.6 is 15.9 Å². The van der Waals surface area contributed by atoms with Gasteiger partial charge in [-0.3, -0.25) is 0 Å². The first kappa shape index (κ1) is 16.2. The molecule has 1 unspecified atom stereocenters. The van der Waals surface area contributed by atoms with E-state index in [4.69, 9.17) is 0 Å². The Balaban J connectivity index is 2.00. The van der Waals surface area contributed by atoms with Crippen LogP contribution in [0.3, 0.4) is 0 Å². The van der Waals surface area contributed by atoms with E-state index in [-0.39, 0.29) is 11.9 Å². The molecule has 0 aliphatic heterocycles. The van der Waals surface area contributed by atoms with Crippen LogP contribution in [0.25, 0.3) is 0 Å². The highest BCUT2D eigenvalue weighted by Crippen LogP contribution is 2.27. The zero-order valence-electron chi connectivity index (χ0n) is 12.3. The molecule has 21 heavy (non-hydrogen) atoms. The van der Waals surface area contributed by atoms with Gasteiger partial charge in [-0.2, -0.15) is 0 Å². The summed E-state index contributed by atoms with van der Waals surface area (Å²) < 4.78 is 14.8. The maximum Gasteiger partial charge on any atom is 0.142 e. The smallest absolute Gasteiger partial charge is 0.142 e. The van der Waals surface area contributed by atoms with E-state index in [1.165, 1.54) is 5.56 Å². The van der Waals surface area contributed by atoms with Crippen LogP contribution < -0.4 is 5.32 Å². The molecule has 1 nitrogen and oxygen atoms in total. The molecule has 0 saturated heterocycles. The van der Waals surface area contributed by atoms with Crippen molar-refractivity contribution < 1.29 is 4.39 Å². The molecule has 0 aliphatic rings. The quantitative estimate of drug-likeness (QED) is 0.718. The summed E-state index contributed by atoms with van der Waals surface area (Å²) in [7, 11) is 0. The molecule has 0 radical (unpaired) electrons. The monoisotopic (exact) mass is 349 g/mol. The Bertz CT molecular complexity index is 556. The van der Waals surface area contributed by atoms with Gasteiger partial charge in [0.25, 0.3) is 0 Å². The lowest BCUT2D eigenvalue weighted by Gasteiger charge is -2.19. The van der Waals surface area contributed by atoms with Crippen molar-refractivity contribution in [2.45, 2.75) is 32.2 Å². The molecular formula is C18H21BrFN. The van der Waals surface area contributed by atoms with Gasteiger partial charge in [-0.25, -0.2) is 4.39 Å². The summed E-state index contributed by atoms with van der Waals surface area (Å²) in [6.07, 6.45) is 2.99. The van der Waals surface area contributed by atoms with E-state index in [2.05, 4.69) is 52.4 Å². The summed E-state index contributed by atoms with van der Waals surface area (Å²) in [5.41, 5.74) is 2.08. The molecule has 1 atom stereocenters. The molecule has 2 aromatic rings. The largest absolute Gasteiger partial charge is 0.310 e. The number of hydrogen-bond acceptors (Lipinski definition) is 1. The summed E-state index contributed by atoms with van der Waals surface area (Å²) in [5, 5.41) is 3.39. The van der Waals surface area contributed by atoms with Crippen LogP contribution in [0.4, 0.5) is 4.39 Å². The lowest BCUT2D eigenvalue weighted by molar-refractivity contribution is 0.471. The molecule has 0 fully saturated rings. The number of nitrogens with one attached hydrogen (secondary N) is 1. The molecule has 2 aromatic carbocycles. The predicted octanol–water partition coefficient (Wildman–Crippen LogP) is 5.26. The zero-order valence-corrected chi connectivity index (χ0v) is 13.9. The van der Waals surface area contributed by atoms with Gasteiger partial charge >= 0.3 is 0 Å². The Morgan fingerprint density at radius 3 is 2.57 bits per heavy atom. The molecule has 0 heterocycles. The van der Waals surface area contributed by atoms with Gasteiger partial charge in [-0.05, 0) is 53.4 Å². The molecule has 0 amide bonds. The van der Waals surface area contributed by atoms with Crippen LogP contribution in [0.2, 0.25) is 0 Å². The van der Waals surface area contributed by atoms with Crippen LogP contribution in [0.1, 0.15) is 36.9 Å². The lowest BCUT2D eigenvalue weighted by Crippen LogP contribution is -2.22. The van der Waals surface area contributed by atoms with E-state index < -0.39 is 0 Å². The van der Waals surface area contributed by atoms with Crippen molar-refractivity contribution in [1.29, 1.82) is 0 Å². The molecule has 2 rings (SSSR count). The molecule has 0 saturated carbocycles. The Morgan fingerprint density at radius 2 is 1.86 bits per heavy atom. The molecule has 0 bridgehead atoms. The maximum atomic E-state index is 14.2. The van der Waals surface area contributed by atoms with Crippen molar-refractivity contribution in [3.63, 3.8) is 0 Å². The second-order valence-electron chi connectivity index (χ2n) is 5.13. The summed E-state index contributed by atoms with van der Waals surface area (Å²) in [5.74, 6) is -0.150. The van der Waals surface area contributed by atoms with Gasteiger partial charge < -0.3 is 5.32 Å². The fourth-order valence-electron chi connectivity index (χ4n) is 2.56. The van der Waals surface area contributed by atoms with Crippen molar-refractivity contribution in [1.82, 2.24) is 5.32 Å². The minimum absolute atomic E-state index is 0.0659. The number of hydrogen-bond donors (Lipinski definition) is 1. The topological polar surface area (TPSA) is 12.0 Å². The van der Waals surface area contributed by atoms with E-state index in [1.807, 2.05) is 18.2 Å². The van der Waals surface area contributed by atoms with Gasteiger partial charge in [-0.1, -0.05) is 49.4 Å². The third-order valence-corrected chi connectivity index (χ3v) is 4.22. The molecule has 0 spiro atoms. The maximum absolute atomic E-state index is 14.2. The van der Waals surface area contributed by atoms with Crippen LogP contribution in [-0.4, -0.2) is 6.54 Å². The van der Waals surface area contributed by atoms with Crippen LogP contribution in [0.15, 0.2) is 53.0 Å². The lowest BCUT2D eigenvalue weighted by atomic mass is 9.98. The van der Waals surface area contributed by atoms with Crippen LogP contribution in [0.5, 0.6) is 0 Å². The van der Waals surface area contributed by atoms with Gasteiger partial charge in [0.2, 0.25) is 0 Å². The third-order valence-electron chi connectivity index (χ3n) is 3.61. The number of aryl methyl sites for hydroxylation is 1. The summed E-state index contributed by atoms with van der Waals surface area (Å²) in [4.78, 5) is 0. The standard InChI is InChI=1S/C18H21BrFN/c1-2-21-17(15-11-7-12-16(19)18(15)20)13-6-10-14-8-4-3-5-9-14/h3-5,7-9,11-12,17,21H,2,6,10,13H2,1H3. The van der Waals surface area contributed by atoms with Gasteiger partial charge in [0, 0.05) is 11.6 Å². The number of rotatable bonds is 7. The summed E-state index contributed by atoms with van der Waals surface area (Å²) >= 11 is 3.27. The second-order valence-corrected chi connectivity index (χ2v) is 5.99. The number of halogens is 2. The molecule has 1 N–H and O–H groups in total. The number of benzene rings is 2. The van der Waals surface area contributed by atoms with Gasteiger partial charge in [0.15, 0.2) is 0 Å². The van der Waals surface area contributed by atoms with Crippen molar-refractivity contribution in [2.75, 3.05) is 6.54 Å². The van der Waals surface area contributed by atoms with Gasteiger partial charge in [0.05, 0.1) is 4.47 Å². The molecule has 112 valence electrons. The SMILES string of the molecule is CCNC(CCCc1ccccc1)c1cccc(Br)c1F. The Morgan fingerprint density at radius 1 is 1.10 bits per heavy atom. The molecular weight excluding hydrogens is 329 g/mol. The van der Waals surface area contributed by atoms with Crippen LogP contribution in [-0.2, 0) is 6.42 Å². The second kappa shape index (κ2) is 8.30. The summed E-state index contributed by atoms with van der Waals surface area (Å²) in [6, 6.07) is 16.0. The van der Waals surface area contributed by atoms with E-state index >= 15 is 0 Å². The van der Waals surface area contributed by atoms with Gasteiger partial charge in [-0.15, -0.1) is 0 Å². The highest BCUT2D eigenvalue weighted by Gasteiger charge is 2.16. The zero-order chi connectivity index (χ0) is 15.1.